The van der Waals surface area contributed by atoms with Crippen molar-refractivity contribution in [3.8, 4) is 0 Å². The summed E-state index contributed by atoms with van der Waals surface area (Å²) in [4.78, 5) is -0.675. The minimum atomic E-state index is -4.68. The van der Waals surface area contributed by atoms with E-state index in [4.69, 9.17) is 0 Å². The molecule has 170 valence electrons. The number of alkyl halides is 3. The van der Waals surface area contributed by atoms with Crippen molar-refractivity contribution >= 4 is 21.0 Å². The Balaban J connectivity index is 0.000000173. The monoisotopic (exact) mass is 464 g/mol. The second kappa shape index (κ2) is 10.3. The molecule has 0 aliphatic heterocycles. The molecule has 0 heterocycles. The van der Waals surface area contributed by atoms with E-state index in [1.54, 1.807) is 77.0 Å². The first kappa shape index (κ1) is 23.9. The van der Waals surface area contributed by atoms with Crippen LogP contribution < -0.4 is 0 Å². The van der Waals surface area contributed by atoms with Crippen LogP contribution in [0.2, 0.25) is 0 Å². The highest BCUT2D eigenvalue weighted by Gasteiger charge is 2.46. The van der Waals surface area contributed by atoms with E-state index in [-0.39, 0.29) is 0 Å². The lowest BCUT2D eigenvalue weighted by Crippen LogP contribution is -2.37. The molecule has 3 aliphatic carbocycles. The minimum absolute atomic E-state index is 0.546. The second-order valence-electron chi connectivity index (χ2n) is 8.60. The van der Waals surface area contributed by atoms with Gasteiger partial charge in [-0.05, 0) is 112 Å². The van der Waals surface area contributed by atoms with Gasteiger partial charge in [-0.15, -0.1) is 0 Å². The van der Waals surface area contributed by atoms with Crippen molar-refractivity contribution in [3.05, 3.63) is 29.8 Å². The summed E-state index contributed by atoms with van der Waals surface area (Å²) in [6, 6.07) is 2.35. The Bertz CT molecular complexity index is 722. The molecule has 0 bridgehead atoms. The van der Waals surface area contributed by atoms with E-state index in [1.807, 2.05) is 0 Å². The Morgan fingerprint density at radius 1 is 0.733 bits per heavy atom. The third-order valence-corrected chi connectivity index (χ3v) is 11.1. The van der Waals surface area contributed by atoms with Crippen LogP contribution in [0.15, 0.2) is 29.2 Å². The lowest BCUT2D eigenvalue weighted by atomic mass is 10.2. The van der Waals surface area contributed by atoms with Gasteiger partial charge < -0.3 is 4.55 Å². The van der Waals surface area contributed by atoms with E-state index >= 15 is 0 Å². The SMILES string of the molecule is C1CCC([S+](C2CCCC2)C2CCCC2)C1.O=S(=O)([O-])c1ccc(C(F)(F)F)cc1. The van der Waals surface area contributed by atoms with Crippen molar-refractivity contribution in [2.75, 3.05) is 0 Å². The van der Waals surface area contributed by atoms with Crippen LogP contribution in [0.25, 0.3) is 0 Å². The first-order valence-electron chi connectivity index (χ1n) is 11.0. The molecule has 0 saturated heterocycles. The van der Waals surface area contributed by atoms with Gasteiger partial charge in [0.25, 0.3) is 0 Å². The zero-order valence-corrected chi connectivity index (χ0v) is 18.8. The summed E-state index contributed by atoms with van der Waals surface area (Å²) in [6.07, 6.45) is 14.3. The molecule has 0 aromatic heterocycles. The summed E-state index contributed by atoms with van der Waals surface area (Å²) in [5.41, 5.74) is -0.995. The summed E-state index contributed by atoms with van der Waals surface area (Å²) in [5.74, 6) is 0. The maximum atomic E-state index is 12.0. The molecule has 1 aromatic carbocycles. The standard InChI is InChI=1S/C15H27S.C7H5F3O3S/c1-2-8-13(7-1)16(14-9-3-4-10-14)15-11-5-6-12-15;8-7(9,10)5-1-3-6(4-2-5)14(11,12)13/h13-15H,1-12H2;1-4H,(H,11,12,13)/q+1;/p-1. The zero-order chi connectivity index (χ0) is 21.8. The van der Waals surface area contributed by atoms with Crippen LogP contribution in [0.3, 0.4) is 0 Å². The lowest BCUT2D eigenvalue weighted by molar-refractivity contribution is -0.137. The van der Waals surface area contributed by atoms with Gasteiger partial charge in [0, 0.05) is 0 Å². The maximum absolute atomic E-state index is 12.0. The predicted molar refractivity (Wildman–Crippen MR) is 114 cm³/mol. The van der Waals surface area contributed by atoms with Crippen molar-refractivity contribution in [1.82, 2.24) is 0 Å². The molecule has 3 nitrogen and oxygen atoms in total. The molecule has 4 rings (SSSR count). The predicted octanol–water partition coefficient (Wildman–Crippen LogP) is 6.04. The van der Waals surface area contributed by atoms with Crippen molar-refractivity contribution in [3.63, 3.8) is 0 Å². The molecule has 0 radical (unpaired) electrons. The molecular weight excluding hydrogens is 433 g/mol. The minimum Gasteiger partial charge on any atom is -0.744 e. The van der Waals surface area contributed by atoms with Crippen LogP contribution in [0.4, 0.5) is 13.2 Å². The molecule has 0 unspecified atom stereocenters. The summed E-state index contributed by atoms with van der Waals surface area (Å²) in [5, 5.41) is 3.52. The van der Waals surface area contributed by atoms with Gasteiger partial charge in [-0.2, -0.15) is 13.2 Å². The van der Waals surface area contributed by atoms with Gasteiger partial charge >= 0.3 is 6.18 Å². The summed E-state index contributed by atoms with van der Waals surface area (Å²) < 4.78 is 67.0. The molecule has 3 aliphatic rings. The fourth-order valence-corrected chi connectivity index (χ4v) is 9.84. The maximum Gasteiger partial charge on any atom is 0.416 e. The normalized spacial score (nSPS) is 21.9. The first-order chi connectivity index (χ1) is 14.2. The average molecular weight is 465 g/mol. The van der Waals surface area contributed by atoms with Crippen LogP contribution in [-0.2, 0) is 27.2 Å². The Labute approximate surface area is 180 Å². The van der Waals surface area contributed by atoms with Gasteiger partial charge in [0.2, 0.25) is 0 Å². The summed E-state index contributed by atoms with van der Waals surface area (Å²) in [6.45, 7) is 0. The number of hydrogen-bond donors (Lipinski definition) is 0. The van der Waals surface area contributed by atoms with E-state index in [0.717, 1.165) is 10.9 Å². The number of halogens is 3. The molecule has 3 saturated carbocycles. The van der Waals surface area contributed by atoms with E-state index in [1.165, 1.54) is 15.7 Å². The van der Waals surface area contributed by atoms with E-state index < -0.39 is 26.8 Å². The quantitative estimate of drug-likeness (QED) is 0.403. The van der Waals surface area contributed by atoms with Crippen molar-refractivity contribution < 1.29 is 26.1 Å². The van der Waals surface area contributed by atoms with E-state index in [9.17, 15) is 26.1 Å². The molecular formula is C22H31F3O3S2. The van der Waals surface area contributed by atoms with Gasteiger partial charge in [-0.1, -0.05) is 0 Å². The molecule has 3 fully saturated rings. The summed E-state index contributed by atoms with van der Waals surface area (Å²) >= 11 is 0. The zero-order valence-electron chi connectivity index (χ0n) is 17.2. The number of rotatable bonds is 4. The third kappa shape index (κ3) is 6.39. The van der Waals surface area contributed by atoms with E-state index in [0.29, 0.717) is 24.3 Å². The van der Waals surface area contributed by atoms with Gasteiger partial charge in [-0.3, -0.25) is 0 Å². The first-order valence-corrected chi connectivity index (χ1v) is 13.8. The van der Waals surface area contributed by atoms with Gasteiger partial charge in [0.15, 0.2) is 0 Å². The van der Waals surface area contributed by atoms with Crippen LogP contribution in [0.1, 0.15) is 82.6 Å². The van der Waals surface area contributed by atoms with Gasteiger partial charge in [-0.25, -0.2) is 8.42 Å². The fraction of sp³-hybridized carbons (Fsp3) is 0.727. The number of benzene rings is 1. The van der Waals surface area contributed by atoms with Crippen molar-refractivity contribution in [2.45, 2.75) is 104 Å². The molecule has 8 heteroatoms. The molecule has 0 spiro atoms. The summed E-state index contributed by atoms with van der Waals surface area (Å²) in [7, 11) is -3.83. The largest absolute Gasteiger partial charge is 0.744 e. The Morgan fingerprint density at radius 3 is 1.33 bits per heavy atom. The topological polar surface area (TPSA) is 57.2 Å². The smallest absolute Gasteiger partial charge is 0.416 e. The molecule has 30 heavy (non-hydrogen) atoms. The lowest BCUT2D eigenvalue weighted by Gasteiger charge is -2.25. The Morgan fingerprint density at radius 2 is 1.07 bits per heavy atom. The highest BCUT2D eigenvalue weighted by molar-refractivity contribution is 7.98. The van der Waals surface area contributed by atoms with Gasteiger partial charge in [0.1, 0.15) is 25.9 Å². The van der Waals surface area contributed by atoms with Crippen molar-refractivity contribution in [1.29, 1.82) is 0 Å². The molecule has 0 amide bonds. The van der Waals surface area contributed by atoms with Crippen LogP contribution in [0, 0.1) is 0 Å². The van der Waals surface area contributed by atoms with Gasteiger partial charge in [0.05, 0.1) is 10.5 Å². The fourth-order valence-electron chi connectivity index (χ4n) is 5.11. The van der Waals surface area contributed by atoms with Crippen LogP contribution >= 0.6 is 0 Å². The number of hydrogen-bond acceptors (Lipinski definition) is 3. The molecule has 0 atom stereocenters. The second-order valence-corrected chi connectivity index (χ2v) is 12.8. The average Bonchev–Trinajstić information content (AvgIpc) is 3.46. The Kier molecular flexibility index (Phi) is 8.18. The highest BCUT2D eigenvalue weighted by Crippen LogP contribution is 2.42. The van der Waals surface area contributed by atoms with E-state index in [2.05, 4.69) is 0 Å². The third-order valence-electron chi connectivity index (χ3n) is 6.53. The van der Waals surface area contributed by atoms with Crippen LogP contribution in [0.5, 0.6) is 0 Å². The van der Waals surface area contributed by atoms with Crippen molar-refractivity contribution in [2.24, 2.45) is 0 Å². The molecule has 0 N–H and O–H groups in total. The van der Waals surface area contributed by atoms with Crippen LogP contribution in [-0.4, -0.2) is 28.7 Å². The Hall–Kier alpha value is -0.730. The molecule has 1 aromatic rings. The highest BCUT2D eigenvalue weighted by atomic mass is 32.2.